The Balaban J connectivity index is 2.52. The van der Waals surface area contributed by atoms with Crippen LogP contribution in [0.3, 0.4) is 0 Å². The van der Waals surface area contributed by atoms with E-state index in [1.165, 1.54) is 0 Å². The summed E-state index contributed by atoms with van der Waals surface area (Å²) in [6, 6.07) is 3.40. The van der Waals surface area contributed by atoms with Gasteiger partial charge in [0.15, 0.2) is 5.69 Å². The molecule has 0 aromatic carbocycles. The lowest BCUT2D eigenvalue weighted by Crippen LogP contribution is -1.98. The zero-order valence-corrected chi connectivity index (χ0v) is 7.73. The van der Waals surface area contributed by atoms with Crippen LogP contribution < -0.4 is 0 Å². The van der Waals surface area contributed by atoms with Gasteiger partial charge in [0.25, 0.3) is 0 Å². The van der Waals surface area contributed by atoms with Crippen LogP contribution in [0.1, 0.15) is 10.5 Å². The van der Waals surface area contributed by atoms with Gasteiger partial charge in [-0.05, 0) is 12.1 Å². The minimum absolute atomic E-state index is 0.0128. The van der Waals surface area contributed by atoms with E-state index < -0.39 is 5.97 Å². The number of carboxylic acids is 1. The fourth-order valence-electron chi connectivity index (χ4n) is 1.03. The Morgan fingerprint density at radius 2 is 2.00 bits per heavy atom. The third-order valence-corrected chi connectivity index (χ3v) is 2.17. The first kappa shape index (κ1) is 8.76. The summed E-state index contributed by atoms with van der Waals surface area (Å²) in [5.41, 5.74) is 1.09. The van der Waals surface area contributed by atoms with Crippen molar-refractivity contribution in [3.63, 3.8) is 0 Å². The number of rotatable bonds is 2. The van der Waals surface area contributed by atoms with Crippen molar-refractivity contribution in [3.05, 3.63) is 30.2 Å². The van der Waals surface area contributed by atoms with E-state index in [2.05, 4.69) is 13.7 Å². The van der Waals surface area contributed by atoms with Crippen molar-refractivity contribution >= 4 is 17.7 Å². The van der Waals surface area contributed by atoms with Crippen molar-refractivity contribution in [1.82, 2.24) is 13.7 Å². The van der Waals surface area contributed by atoms with Gasteiger partial charge < -0.3 is 5.11 Å². The minimum atomic E-state index is -1.06. The lowest BCUT2D eigenvalue weighted by Gasteiger charge is -1.95. The van der Waals surface area contributed by atoms with Gasteiger partial charge in [0.1, 0.15) is 5.69 Å². The van der Waals surface area contributed by atoms with Gasteiger partial charge in [0.2, 0.25) is 0 Å². The first-order valence-electron chi connectivity index (χ1n) is 3.75. The van der Waals surface area contributed by atoms with Gasteiger partial charge >= 0.3 is 5.97 Å². The summed E-state index contributed by atoms with van der Waals surface area (Å²) in [5.74, 6) is -1.06. The van der Waals surface area contributed by atoms with Gasteiger partial charge in [-0.15, -0.1) is 0 Å². The van der Waals surface area contributed by atoms with E-state index in [9.17, 15) is 4.79 Å². The second kappa shape index (κ2) is 3.51. The van der Waals surface area contributed by atoms with E-state index in [1.54, 1.807) is 24.5 Å². The second-order valence-electron chi connectivity index (χ2n) is 2.50. The van der Waals surface area contributed by atoms with Crippen molar-refractivity contribution in [2.45, 2.75) is 0 Å². The summed E-state index contributed by atoms with van der Waals surface area (Å²) in [6.45, 7) is 0. The molecule has 0 unspecified atom stereocenters. The van der Waals surface area contributed by atoms with E-state index in [-0.39, 0.29) is 5.69 Å². The van der Waals surface area contributed by atoms with Crippen LogP contribution in [0.5, 0.6) is 0 Å². The molecule has 0 atom stereocenters. The molecule has 0 saturated heterocycles. The molecule has 2 aromatic heterocycles. The van der Waals surface area contributed by atoms with Gasteiger partial charge in [-0.25, -0.2) is 4.79 Å². The van der Waals surface area contributed by atoms with Crippen LogP contribution in [0, 0.1) is 0 Å². The van der Waals surface area contributed by atoms with Crippen LogP contribution >= 0.6 is 11.7 Å². The maximum Gasteiger partial charge on any atom is 0.357 e. The number of carbonyl (C=O) groups is 1. The summed E-state index contributed by atoms with van der Waals surface area (Å²) >= 11 is 0.888. The third-order valence-electron chi connectivity index (χ3n) is 1.64. The van der Waals surface area contributed by atoms with Crippen LogP contribution in [-0.4, -0.2) is 24.8 Å². The number of aromatic carboxylic acids is 1. The highest BCUT2D eigenvalue weighted by Crippen LogP contribution is 2.20. The fraction of sp³-hybridized carbons (Fsp3) is 0. The van der Waals surface area contributed by atoms with Gasteiger partial charge in [0.05, 0.1) is 11.7 Å². The highest BCUT2D eigenvalue weighted by atomic mass is 32.1. The van der Waals surface area contributed by atoms with E-state index in [4.69, 9.17) is 5.11 Å². The Bertz CT molecular complexity index is 455. The molecule has 0 radical (unpaired) electrons. The van der Waals surface area contributed by atoms with Crippen LogP contribution in [0.4, 0.5) is 0 Å². The molecule has 14 heavy (non-hydrogen) atoms. The van der Waals surface area contributed by atoms with E-state index in [0.717, 1.165) is 11.7 Å². The molecule has 5 nitrogen and oxygen atoms in total. The Morgan fingerprint density at radius 3 is 2.64 bits per heavy atom. The van der Waals surface area contributed by atoms with Crippen molar-refractivity contribution in [3.8, 4) is 11.3 Å². The molecule has 70 valence electrons. The van der Waals surface area contributed by atoms with E-state index in [0.29, 0.717) is 11.3 Å². The normalized spacial score (nSPS) is 10.0. The standard InChI is InChI=1S/C8H5N3O2S/c12-8(13)7-6(10-14-11-7)5-1-3-9-4-2-5/h1-4H,(H,12,13). The van der Waals surface area contributed by atoms with Crippen LogP contribution in [-0.2, 0) is 0 Å². The average Bonchev–Trinajstić information content (AvgIpc) is 2.67. The Kier molecular flexibility index (Phi) is 2.19. The molecule has 0 amide bonds. The summed E-state index contributed by atoms with van der Waals surface area (Å²) in [7, 11) is 0. The van der Waals surface area contributed by atoms with E-state index >= 15 is 0 Å². The highest BCUT2D eigenvalue weighted by molar-refractivity contribution is 6.99. The average molecular weight is 207 g/mol. The SMILES string of the molecule is O=C(O)c1nsnc1-c1ccncc1. The van der Waals surface area contributed by atoms with Crippen LogP contribution in [0.15, 0.2) is 24.5 Å². The summed E-state index contributed by atoms with van der Waals surface area (Å²) in [4.78, 5) is 14.6. The molecular weight excluding hydrogens is 202 g/mol. The smallest absolute Gasteiger partial charge is 0.357 e. The predicted octanol–water partition coefficient (Wildman–Crippen LogP) is 1.30. The molecule has 1 N–H and O–H groups in total. The number of nitrogens with zero attached hydrogens (tertiary/aromatic N) is 3. The van der Waals surface area contributed by atoms with Crippen LogP contribution in [0.25, 0.3) is 11.3 Å². The predicted molar refractivity (Wildman–Crippen MR) is 50.1 cm³/mol. The maximum atomic E-state index is 10.7. The third kappa shape index (κ3) is 1.47. The molecule has 6 heteroatoms. The van der Waals surface area contributed by atoms with E-state index in [1.807, 2.05) is 0 Å². The molecule has 0 aliphatic carbocycles. The molecule has 0 fully saturated rings. The fourth-order valence-corrected chi connectivity index (χ4v) is 1.59. The minimum Gasteiger partial charge on any atom is -0.476 e. The number of pyridine rings is 1. The highest BCUT2D eigenvalue weighted by Gasteiger charge is 2.16. The van der Waals surface area contributed by atoms with Gasteiger partial charge in [-0.2, -0.15) is 8.75 Å². The lowest BCUT2D eigenvalue weighted by molar-refractivity contribution is 0.0692. The monoisotopic (exact) mass is 207 g/mol. The number of carboxylic acid groups (broad SMARTS) is 1. The first-order valence-corrected chi connectivity index (χ1v) is 4.48. The van der Waals surface area contributed by atoms with Crippen LogP contribution in [0.2, 0.25) is 0 Å². The molecule has 2 rings (SSSR count). The van der Waals surface area contributed by atoms with Crippen molar-refractivity contribution in [1.29, 1.82) is 0 Å². The Hall–Kier alpha value is -1.82. The zero-order valence-electron chi connectivity index (χ0n) is 6.91. The summed E-state index contributed by atoms with van der Waals surface area (Å²) in [6.07, 6.45) is 3.17. The Morgan fingerprint density at radius 1 is 1.29 bits per heavy atom. The molecule has 2 heterocycles. The molecular formula is C8H5N3O2S. The molecule has 0 aliphatic heterocycles. The largest absolute Gasteiger partial charge is 0.476 e. The molecule has 2 aromatic rings. The molecule has 0 bridgehead atoms. The second-order valence-corrected chi connectivity index (χ2v) is 3.03. The number of hydrogen-bond acceptors (Lipinski definition) is 5. The zero-order chi connectivity index (χ0) is 9.97. The van der Waals surface area contributed by atoms with Crippen molar-refractivity contribution in [2.24, 2.45) is 0 Å². The molecule has 0 spiro atoms. The first-order chi connectivity index (χ1) is 6.79. The number of hydrogen-bond donors (Lipinski definition) is 1. The van der Waals surface area contributed by atoms with Crippen molar-refractivity contribution in [2.75, 3.05) is 0 Å². The topological polar surface area (TPSA) is 76.0 Å². The summed E-state index contributed by atoms with van der Waals surface area (Å²) in [5, 5.41) is 8.80. The quantitative estimate of drug-likeness (QED) is 0.803. The Labute approximate surface area is 83.4 Å². The molecule has 0 aliphatic rings. The molecule has 0 saturated carbocycles. The van der Waals surface area contributed by atoms with Crippen molar-refractivity contribution < 1.29 is 9.90 Å². The van der Waals surface area contributed by atoms with Gasteiger partial charge in [-0.1, -0.05) is 0 Å². The van der Waals surface area contributed by atoms with Gasteiger partial charge in [0, 0.05) is 18.0 Å². The van der Waals surface area contributed by atoms with Gasteiger partial charge in [-0.3, -0.25) is 4.98 Å². The summed E-state index contributed by atoms with van der Waals surface area (Å²) < 4.78 is 7.63. The number of aromatic nitrogens is 3. The maximum absolute atomic E-state index is 10.7. The lowest BCUT2D eigenvalue weighted by atomic mass is 10.1.